The molecular formula is C32H48N2O. The maximum atomic E-state index is 6.21. The Hall–Kier alpha value is -1.90. The molecule has 0 amide bonds. The largest absolute Gasteiger partial charge is 0.494 e. The second-order valence-corrected chi connectivity index (χ2v) is 11.3. The van der Waals surface area contributed by atoms with E-state index in [1.54, 1.807) is 6.33 Å². The van der Waals surface area contributed by atoms with E-state index in [0.717, 1.165) is 36.3 Å². The fraction of sp³-hybridized carbons (Fsp3) is 0.688. The monoisotopic (exact) mass is 476 g/mol. The lowest BCUT2D eigenvalue weighted by molar-refractivity contribution is 0.300. The van der Waals surface area contributed by atoms with Crippen molar-refractivity contribution >= 4 is 0 Å². The Balaban J connectivity index is 1.26. The van der Waals surface area contributed by atoms with Gasteiger partial charge in [0.2, 0.25) is 0 Å². The number of unbranched alkanes of at least 4 members (excludes halogenated alkanes) is 7. The fourth-order valence-corrected chi connectivity index (χ4v) is 5.94. The second kappa shape index (κ2) is 14.6. The van der Waals surface area contributed by atoms with Crippen LogP contribution in [0.25, 0.3) is 11.3 Å². The van der Waals surface area contributed by atoms with E-state index in [9.17, 15) is 0 Å². The zero-order valence-corrected chi connectivity index (χ0v) is 22.2. The molecule has 3 nitrogen and oxygen atoms in total. The van der Waals surface area contributed by atoms with Crippen molar-refractivity contribution in [3.63, 3.8) is 0 Å². The van der Waals surface area contributed by atoms with Crippen molar-refractivity contribution in [1.29, 1.82) is 0 Å². The molecule has 0 N–H and O–H groups in total. The molecule has 2 fully saturated rings. The summed E-state index contributed by atoms with van der Waals surface area (Å²) in [6.45, 7) is 3.12. The number of hydrogen-bond donors (Lipinski definition) is 0. The van der Waals surface area contributed by atoms with Gasteiger partial charge in [-0.05, 0) is 73.6 Å². The van der Waals surface area contributed by atoms with Gasteiger partial charge in [-0.15, -0.1) is 0 Å². The molecule has 0 unspecified atom stereocenters. The number of aromatic nitrogens is 2. The highest BCUT2D eigenvalue weighted by Gasteiger charge is 2.25. The van der Waals surface area contributed by atoms with Crippen LogP contribution in [0.15, 0.2) is 36.8 Å². The van der Waals surface area contributed by atoms with E-state index in [4.69, 9.17) is 4.74 Å². The van der Waals surface area contributed by atoms with Gasteiger partial charge in [0.1, 0.15) is 12.1 Å². The highest BCUT2D eigenvalue weighted by atomic mass is 16.5. The molecule has 1 heterocycles. The molecule has 192 valence electrons. The van der Waals surface area contributed by atoms with Gasteiger partial charge in [0, 0.05) is 11.8 Å². The highest BCUT2D eigenvalue weighted by Crippen LogP contribution is 2.42. The van der Waals surface area contributed by atoms with E-state index >= 15 is 0 Å². The predicted molar refractivity (Wildman–Crippen MR) is 147 cm³/mol. The van der Waals surface area contributed by atoms with Crippen molar-refractivity contribution in [1.82, 2.24) is 9.97 Å². The van der Waals surface area contributed by atoms with Crippen LogP contribution < -0.4 is 4.74 Å². The van der Waals surface area contributed by atoms with Gasteiger partial charge < -0.3 is 4.74 Å². The maximum absolute atomic E-state index is 6.21. The molecule has 0 saturated heterocycles. The van der Waals surface area contributed by atoms with Crippen molar-refractivity contribution in [2.75, 3.05) is 6.61 Å². The van der Waals surface area contributed by atoms with Crippen LogP contribution in [0.2, 0.25) is 0 Å². The normalized spacial score (nSPS) is 20.1. The molecule has 0 bridgehead atoms. The number of ether oxygens (including phenoxy) is 1. The molecule has 1 aromatic heterocycles. The Kier molecular flexibility index (Phi) is 10.9. The first-order valence-corrected chi connectivity index (χ1v) is 14.9. The van der Waals surface area contributed by atoms with Crippen molar-refractivity contribution in [3.8, 4) is 17.0 Å². The molecule has 0 atom stereocenters. The van der Waals surface area contributed by atoms with Gasteiger partial charge in [-0.3, -0.25) is 0 Å². The van der Waals surface area contributed by atoms with Crippen LogP contribution in [-0.4, -0.2) is 16.6 Å². The first kappa shape index (κ1) is 26.2. The summed E-state index contributed by atoms with van der Waals surface area (Å²) < 4.78 is 6.21. The summed E-state index contributed by atoms with van der Waals surface area (Å²) in [6, 6.07) is 8.81. The second-order valence-electron chi connectivity index (χ2n) is 11.3. The van der Waals surface area contributed by atoms with Crippen molar-refractivity contribution < 1.29 is 4.74 Å². The molecule has 0 radical (unpaired) electrons. The predicted octanol–water partition coefficient (Wildman–Crippen LogP) is 9.52. The Morgan fingerprint density at radius 2 is 1.46 bits per heavy atom. The standard InChI is InChI=1S/C32H48N2O/c1-2-3-8-11-27-15-17-28(18-16-27)30-20-19-29(24-31(30)32-21-22-33-25-34-32)35-23-10-7-5-4-6-9-12-26-13-14-26/h19-22,24-28H,2-18,23H2,1H3/t27-,28-. The zero-order chi connectivity index (χ0) is 24.1. The lowest BCUT2D eigenvalue weighted by atomic mass is 9.75. The quantitative estimate of drug-likeness (QED) is 0.226. The Morgan fingerprint density at radius 1 is 0.771 bits per heavy atom. The van der Waals surface area contributed by atoms with Gasteiger partial charge in [0.15, 0.2) is 0 Å². The van der Waals surface area contributed by atoms with Crippen molar-refractivity contribution in [2.45, 2.75) is 122 Å². The number of rotatable bonds is 16. The van der Waals surface area contributed by atoms with E-state index in [-0.39, 0.29) is 0 Å². The summed E-state index contributed by atoms with van der Waals surface area (Å²) in [5, 5.41) is 0. The molecule has 2 aromatic rings. The minimum absolute atomic E-state index is 0.636. The number of hydrogen-bond acceptors (Lipinski definition) is 3. The van der Waals surface area contributed by atoms with Crippen LogP contribution in [0, 0.1) is 11.8 Å². The average Bonchev–Trinajstić information content (AvgIpc) is 3.73. The average molecular weight is 477 g/mol. The van der Waals surface area contributed by atoms with E-state index in [0.29, 0.717) is 5.92 Å². The summed E-state index contributed by atoms with van der Waals surface area (Å²) in [5.41, 5.74) is 3.72. The smallest absolute Gasteiger partial charge is 0.119 e. The molecule has 0 spiro atoms. The maximum Gasteiger partial charge on any atom is 0.119 e. The van der Waals surface area contributed by atoms with E-state index in [1.165, 1.54) is 114 Å². The minimum Gasteiger partial charge on any atom is -0.494 e. The number of nitrogens with zero attached hydrogens (tertiary/aromatic N) is 2. The molecule has 4 rings (SSSR count). The van der Waals surface area contributed by atoms with Gasteiger partial charge in [0.05, 0.1) is 12.3 Å². The Morgan fingerprint density at radius 3 is 2.14 bits per heavy atom. The third-order valence-corrected chi connectivity index (χ3v) is 8.36. The van der Waals surface area contributed by atoms with Crippen molar-refractivity contribution in [2.24, 2.45) is 11.8 Å². The summed E-state index contributed by atoms with van der Waals surface area (Å²) in [7, 11) is 0. The minimum atomic E-state index is 0.636. The van der Waals surface area contributed by atoms with Crippen LogP contribution in [-0.2, 0) is 0 Å². The highest BCUT2D eigenvalue weighted by molar-refractivity contribution is 5.66. The van der Waals surface area contributed by atoms with Crippen LogP contribution >= 0.6 is 0 Å². The molecule has 35 heavy (non-hydrogen) atoms. The first-order valence-electron chi connectivity index (χ1n) is 14.9. The van der Waals surface area contributed by atoms with Gasteiger partial charge in [-0.2, -0.15) is 0 Å². The van der Waals surface area contributed by atoms with Crippen molar-refractivity contribution in [3.05, 3.63) is 42.4 Å². The molecule has 1 aromatic carbocycles. The van der Waals surface area contributed by atoms with E-state index in [2.05, 4.69) is 35.1 Å². The third-order valence-electron chi connectivity index (χ3n) is 8.36. The molecular weight excluding hydrogens is 428 g/mol. The Labute approximate surface area is 214 Å². The summed E-state index contributed by atoms with van der Waals surface area (Å²) >= 11 is 0. The van der Waals surface area contributed by atoms with Gasteiger partial charge >= 0.3 is 0 Å². The first-order chi connectivity index (χ1) is 17.3. The number of benzene rings is 1. The van der Waals surface area contributed by atoms with Crippen LogP contribution in [0.4, 0.5) is 0 Å². The van der Waals surface area contributed by atoms with Gasteiger partial charge in [0.25, 0.3) is 0 Å². The molecule has 2 saturated carbocycles. The SMILES string of the molecule is CCCCC[C@H]1CC[C@H](c2ccc(OCCCCCCCCC3CC3)cc2-c2ccncn2)CC1. The zero-order valence-electron chi connectivity index (χ0n) is 22.2. The summed E-state index contributed by atoms with van der Waals surface area (Å²) in [5.74, 6) is 3.64. The Bertz CT molecular complexity index is 840. The third kappa shape index (κ3) is 8.92. The van der Waals surface area contributed by atoms with Gasteiger partial charge in [-0.25, -0.2) is 9.97 Å². The van der Waals surface area contributed by atoms with Gasteiger partial charge in [-0.1, -0.05) is 90.0 Å². The molecule has 3 heteroatoms. The van der Waals surface area contributed by atoms with Crippen LogP contribution in [0.1, 0.15) is 128 Å². The lowest BCUT2D eigenvalue weighted by Crippen LogP contribution is -2.14. The molecule has 2 aliphatic carbocycles. The topological polar surface area (TPSA) is 35.0 Å². The fourth-order valence-electron chi connectivity index (χ4n) is 5.94. The summed E-state index contributed by atoms with van der Waals surface area (Å²) in [4.78, 5) is 8.75. The summed E-state index contributed by atoms with van der Waals surface area (Å²) in [6.07, 6.45) is 26.9. The molecule has 0 aliphatic heterocycles. The van der Waals surface area contributed by atoms with Crippen LogP contribution in [0.5, 0.6) is 5.75 Å². The molecule has 2 aliphatic rings. The van der Waals surface area contributed by atoms with Crippen LogP contribution in [0.3, 0.4) is 0 Å². The van der Waals surface area contributed by atoms with E-state index in [1.807, 2.05) is 12.3 Å². The van der Waals surface area contributed by atoms with E-state index < -0.39 is 0 Å². The lowest BCUT2D eigenvalue weighted by Gasteiger charge is -2.30.